The highest BCUT2D eigenvalue weighted by molar-refractivity contribution is 6.14. The van der Waals surface area contributed by atoms with Crippen molar-refractivity contribution in [1.82, 2.24) is 5.32 Å². The number of nitrogens with one attached hydrogen (secondary N) is 1. The summed E-state index contributed by atoms with van der Waals surface area (Å²) in [6, 6.07) is 14.8. The number of allylic oxidation sites excluding steroid dienone is 7. The van der Waals surface area contributed by atoms with Crippen LogP contribution >= 0.6 is 0 Å². The second-order valence-electron chi connectivity index (χ2n) is 8.87. The van der Waals surface area contributed by atoms with Crippen LogP contribution in [0.15, 0.2) is 102 Å². The number of halogens is 1. The molecule has 190 valence electrons. The summed E-state index contributed by atoms with van der Waals surface area (Å²) in [6.07, 6.45) is 17.8. The molecule has 0 radical (unpaired) electrons. The fourth-order valence-electron chi connectivity index (χ4n) is 3.60. The van der Waals surface area contributed by atoms with Crippen molar-refractivity contribution < 1.29 is 9.18 Å². The van der Waals surface area contributed by atoms with Gasteiger partial charge in [-0.2, -0.15) is 0 Å². The first-order valence-corrected chi connectivity index (χ1v) is 12.7. The fourth-order valence-corrected chi connectivity index (χ4v) is 3.60. The molecule has 0 fully saturated rings. The van der Waals surface area contributed by atoms with E-state index in [4.69, 9.17) is 0 Å². The molecule has 0 saturated carbocycles. The van der Waals surface area contributed by atoms with Gasteiger partial charge in [0.25, 0.3) is 0 Å². The Morgan fingerprint density at radius 2 is 1.75 bits per heavy atom. The first-order valence-electron chi connectivity index (χ1n) is 12.7. The van der Waals surface area contributed by atoms with E-state index in [1.165, 1.54) is 17.7 Å². The largest absolute Gasteiger partial charge is 0.356 e. The highest BCUT2D eigenvalue weighted by Crippen LogP contribution is 2.21. The highest BCUT2D eigenvalue weighted by atomic mass is 19.1. The van der Waals surface area contributed by atoms with Crippen LogP contribution in [0.5, 0.6) is 0 Å². The third-order valence-corrected chi connectivity index (χ3v) is 5.70. The molecule has 1 N–H and O–H groups in total. The summed E-state index contributed by atoms with van der Waals surface area (Å²) in [4.78, 5) is 16.0. The molecule has 1 atom stereocenters. The highest BCUT2D eigenvalue weighted by Gasteiger charge is 2.13. The molecule has 0 aromatic heterocycles. The summed E-state index contributed by atoms with van der Waals surface area (Å²) in [5.74, 6) is 0.373. The lowest BCUT2D eigenvalue weighted by Crippen LogP contribution is -2.27. The van der Waals surface area contributed by atoms with Gasteiger partial charge in [0.05, 0.1) is 5.71 Å². The minimum Gasteiger partial charge on any atom is -0.356 e. The van der Waals surface area contributed by atoms with Gasteiger partial charge in [0.15, 0.2) is 0 Å². The third-order valence-electron chi connectivity index (χ3n) is 5.70. The molecule has 36 heavy (non-hydrogen) atoms. The molecule has 2 aromatic carbocycles. The quantitative estimate of drug-likeness (QED) is 0.362. The number of carbonyl (C=O) groups is 1. The van der Waals surface area contributed by atoms with E-state index in [0.29, 0.717) is 12.3 Å². The van der Waals surface area contributed by atoms with Gasteiger partial charge in [0, 0.05) is 29.8 Å². The van der Waals surface area contributed by atoms with Gasteiger partial charge in [0.2, 0.25) is 5.91 Å². The van der Waals surface area contributed by atoms with Gasteiger partial charge >= 0.3 is 0 Å². The van der Waals surface area contributed by atoms with Crippen molar-refractivity contribution in [3.63, 3.8) is 0 Å². The van der Waals surface area contributed by atoms with Crippen molar-refractivity contribution in [2.75, 3.05) is 6.54 Å². The van der Waals surface area contributed by atoms with E-state index < -0.39 is 0 Å². The Labute approximate surface area is 216 Å². The summed E-state index contributed by atoms with van der Waals surface area (Å²) in [6.45, 7) is 8.85. The first kappa shape index (κ1) is 28.7. The average molecular weight is 487 g/mol. The molecule has 0 bridgehead atoms. The normalized spacial score (nSPS) is 14.0. The molecule has 4 heteroatoms. The Bertz CT molecular complexity index is 1110. The van der Waals surface area contributed by atoms with Crippen LogP contribution in [0.25, 0.3) is 0 Å². The Morgan fingerprint density at radius 3 is 2.47 bits per heavy atom. The van der Waals surface area contributed by atoms with Gasteiger partial charge in [0.1, 0.15) is 5.82 Å². The van der Waals surface area contributed by atoms with E-state index in [-0.39, 0.29) is 11.7 Å². The summed E-state index contributed by atoms with van der Waals surface area (Å²) < 4.78 is 13.1. The molecule has 1 aliphatic rings. The molecular weight excluding hydrogens is 447 g/mol. The number of aliphatic imine (C=N–C) groups is 1. The van der Waals surface area contributed by atoms with Crippen molar-refractivity contribution in [1.29, 1.82) is 0 Å². The maximum absolute atomic E-state index is 13.1. The molecular formula is C32H39FN2O. The van der Waals surface area contributed by atoms with Gasteiger partial charge in [-0.05, 0) is 75.8 Å². The van der Waals surface area contributed by atoms with E-state index in [0.717, 1.165) is 48.3 Å². The van der Waals surface area contributed by atoms with Crippen LogP contribution in [0.3, 0.4) is 0 Å². The molecule has 1 unspecified atom stereocenters. The van der Waals surface area contributed by atoms with Gasteiger partial charge in [-0.15, -0.1) is 0 Å². The predicted octanol–water partition coefficient (Wildman–Crippen LogP) is 7.74. The molecule has 0 spiro atoms. The zero-order chi connectivity index (χ0) is 26.2. The van der Waals surface area contributed by atoms with Crippen molar-refractivity contribution in [3.05, 3.63) is 119 Å². The number of amides is 1. The molecule has 0 saturated heterocycles. The van der Waals surface area contributed by atoms with Crippen LogP contribution < -0.4 is 5.32 Å². The van der Waals surface area contributed by atoms with Crippen LogP contribution in [-0.4, -0.2) is 18.2 Å². The number of carbonyl (C=O) groups excluding carboxylic acids is 1. The Balaban J connectivity index is 0.000000256. The average Bonchev–Trinajstić information content (AvgIpc) is 3.06. The summed E-state index contributed by atoms with van der Waals surface area (Å²) in [5, 5.41) is 2.93. The van der Waals surface area contributed by atoms with E-state index in [1.807, 2.05) is 45.1 Å². The number of benzene rings is 2. The lowest BCUT2D eigenvalue weighted by Gasteiger charge is -2.09. The Hall–Kier alpha value is -3.53. The minimum atomic E-state index is -0.224. The number of rotatable bonds is 9. The van der Waals surface area contributed by atoms with Gasteiger partial charge in [-0.1, -0.05) is 73.7 Å². The standard InChI is InChI=1S/C17H14FN.C15H25NO/c1-12-6-7-13-4-2-3-5-16(13)17(19-12)14-8-10-15(18)11-9-14;1-4-6-8-9-10-11-14(3)13-16-15(17)12-7-5-2/h2-6,8-11H,7H2,1H3;4-7,9-10,14H,8,11-13H2,1-3H3,(H,16,17)/b;6-4-,7-5-,10-9-. The molecule has 0 aliphatic carbocycles. The summed E-state index contributed by atoms with van der Waals surface area (Å²) in [7, 11) is 0. The predicted molar refractivity (Wildman–Crippen MR) is 151 cm³/mol. The van der Waals surface area contributed by atoms with E-state index in [9.17, 15) is 9.18 Å². The van der Waals surface area contributed by atoms with E-state index in [1.54, 1.807) is 12.1 Å². The van der Waals surface area contributed by atoms with Crippen LogP contribution in [0.2, 0.25) is 0 Å². The maximum atomic E-state index is 13.1. The summed E-state index contributed by atoms with van der Waals surface area (Å²) >= 11 is 0. The summed E-state index contributed by atoms with van der Waals surface area (Å²) in [5.41, 5.74) is 5.24. The van der Waals surface area contributed by atoms with Crippen molar-refractivity contribution >= 4 is 11.6 Å². The minimum absolute atomic E-state index is 0.104. The third kappa shape index (κ3) is 10.4. The monoisotopic (exact) mass is 486 g/mol. The lowest BCUT2D eigenvalue weighted by molar-refractivity contribution is -0.120. The maximum Gasteiger partial charge on any atom is 0.223 e. The molecule has 1 heterocycles. The van der Waals surface area contributed by atoms with Crippen LogP contribution in [0.1, 0.15) is 63.6 Å². The fraction of sp³-hybridized carbons (Fsp3) is 0.312. The smallest absolute Gasteiger partial charge is 0.223 e. The second kappa shape index (κ2) is 16.2. The molecule has 3 rings (SSSR count). The van der Waals surface area contributed by atoms with Gasteiger partial charge < -0.3 is 5.32 Å². The van der Waals surface area contributed by atoms with E-state index >= 15 is 0 Å². The zero-order valence-electron chi connectivity index (χ0n) is 22.0. The van der Waals surface area contributed by atoms with Gasteiger partial charge in [-0.3, -0.25) is 9.79 Å². The number of fused-ring (bicyclic) bond motifs is 1. The van der Waals surface area contributed by atoms with E-state index in [2.05, 4.69) is 59.7 Å². The first-order chi connectivity index (χ1) is 17.4. The van der Waals surface area contributed by atoms with Crippen LogP contribution in [0.4, 0.5) is 4.39 Å². The SMILES string of the molecule is C/C=C\C/C=C\CC(C)CNC(=O)C/C=C\C.CC1=CCc2ccccc2C(c2ccc(F)cc2)=N1. The molecule has 2 aromatic rings. The van der Waals surface area contributed by atoms with Crippen molar-refractivity contribution in [2.45, 2.75) is 53.4 Å². The van der Waals surface area contributed by atoms with Crippen LogP contribution in [0, 0.1) is 11.7 Å². The zero-order valence-corrected chi connectivity index (χ0v) is 22.0. The lowest BCUT2D eigenvalue weighted by atomic mass is 9.96. The Kier molecular flexibility index (Phi) is 12.9. The van der Waals surface area contributed by atoms with Crippen LogP contribution in [-0.2, 0) is 11.2 Å². The number of nitrogens with zero attached hydrogens (tertiary/aromatic N) is 1. The molecule has 1 aliphatic heterocycles. The number of hydrogen-bond acceptors (Lipinski definition) is 2. The van der Waals surface area contributed by atoms with Gasteiger partial charge in [-0.25, -0.2) is 4.39 Å². The second-order valence-corrected chi connectivity index (χ2v) is 8.87. The molecule has 3 nitrogen and oxygen atoms in total. The topological polar surface area (TPSA) is 41.5 Å². The van der Waals surface area contributed by atoms with Crippen molar-refractivity contribution in [2.24, 2.45) is 10.9 Å². The van der Waals surface area contributed by atoms with Crippen molar-refractivity contribution in [3.8, 4) is 0 Å². The molecule has 1 amide bonds. The number of hydrogen-bond donors (Lipinski definition) is 1. The Morgan fingerprint density at radius 1 is 1.03 bits per heavy atom.